The van der Waals surface area contributed by atoms with Gasteiger partial charge in [-0.2, -0.15) is 5.10 Å². The summed E-state index contributed by atoms with van der Waals surface area (Å²) in [4.78, 5) is 12.8. The van der Waals surface area contributed by atoms with Crippen LogP contribution in [0.3, 0.4) is 0 Å². The third kappa shape index (κ3) is 5.20. The number of nitrogens with one attached hydrogen (secondary N) is 1. The van der Waals surface area contributed by atoms with Crippen LogP contribution in [0.15, 0.2) is 97.2 Å². The molecule has 1 amide bonds. The summed E-state index contributed by atoms with van der Waals surface area (Å²) < 4.78 is 6.98. The van der Waals surface area contributed by atoms with Crippen LogP contribution in [-0.2, 0) is 11.3 Å². The molecule has 31 heavy (non-hydrogen) atoms. The molecule has 5 nitrogen and oxygen atoms in total. The van der Waals surface area contributed by atoms with Gasteiger partial charge in [0.05, 0.1) is 25.0 Å². The van der Waals surface area contributed by atoms with E-state index in [0.717, 1.165) is 28.3 Å². The van der Waals surface area contributed by atoms with Gasteiger partial charge < -0.3 is 10.1 Å². The van der Waals surface area contributed by atoms with Crippen LogP contribution in [0.4, 0.5) is 0 Å². The molecule has 1 aromatic heterocycles. The van der Waals surface area contributed by atoms with Crippen molar-refractivity contribution in [2.75, 3.05) is 7.11 Å². The number of hydrogen-bond acceptors (Lipinski definition) is 3. The Morgan fingerprint density at radius 2 is 1.52 bits per heavy atom. The molecular weight excluding hydrogens is 386 g/mol. The third-order valence-electron chi connectivity index (χ3n) is 5.24. The van der Waals surface area contributed by atoms with E-state index in [2.05, 4.69) is 34.7 Å². The number of aromatic nitrogens is 2. The van der Waals surface area contributed by atoms with Crippen molar-refractivity contribution in [3.05, 3.63) is 114 Å². The Bertz CT molecular complexity index is 1070. The molecule has 0 saturated heterocycles. The van der Waals surface area contributed by atoms with Crippen LogP contribution >= 0.6 is 0 Å². The van der Waals surface area contributed by atoms with E-state index < -0.39 is 0 Å². The molecule has 0 saturated carbocycles. The van der Waals surface area contributed by atoms with E-state index in [-0.39, 0.29) is 11.8 Å². The standard InChI is InChI=1S/C26H25N3O2/c1-31-24-14-12-23(13-15-24)29-17-16-22(28-29)19-27-26(30)18-25(20-8-4-2-5-9-20)21-10-6-3-7-11-21/h2-17,25H,18-19H2,1H3,(H,27,30). The van der Waals surface area contributed by atoms with E-state index in [1.165, 1.54) is 0 Å². The van der Waals surface area contributed by atoms with Gasteiger partial charge in [-0.1, -0.05) is 60.7 Å². The highest BCUT2D eigenvalue weighted by atomic mass is 16.5. The number of ether oxygens (including phenoxy) is 1. The van der Waals surface area contributed by atoms with Crippen LogP contribution in [0.25, 0.3) is 5.69 Å². The Balaban J connectivity index is 1.40. The van der Waals surface area contributed by atoms with Gasteiger partial charge in [0.15, 0.2) is 0 Å². The number of amides is 1. The topological polar surface area (TPSA) is 56.1 Å². The molecule has 0 spiro atoms. The van der Waals surface area contributed by atoms with Crippen molar-refractivity contribution in [3.8, 4) is 11.4 Å². The fourth-order valence-corrected chi connectivity index (χ4v) is 3.58. The van der Waals surface area contributed by atoms with E-state index >= 15 is 0 Å². The molecular formula is C26H25N3O2. The summed E-state index contributed by atoms with van der Waals surface area (Å²) in [5.41, 5.74) is 4.01. The summed E-state index contributed by atoms with van der Waals surface area (Å²) in [6, 6.07) is 29.9. The molecule has 0 fully saturated rings. The highest BCUT2D eigenvalue weighted by Crippen LogP contribution is 2.27. The van der Waals surface area contributed by atoms with Gasteiger partial charge >= 0.3 is 0 Å². The number of nitrogens with zero attached hydrogens (tertiary/aromatic N) is 2. The van der Waals surface area contributed by atoms with Gasteiger partial charge in [-0.15, -0.1) is 0 Å². The minimum atomic E-state index is -0.00305. The molecule has 0 aliphatic heterocycles. The maximum Gasteiger partial charge on any atom is 0.221 e. The zero-order valence-corrected chi connectivity index (χ0v) is 17.4. The summed E-state index contributed by atoms with van der Waals surface area (Å²) in [6.07, 6.45) is 2.27. The number of benzene rings is 3. The predicted molar refractivity (Wildman–Crippen MR) is 121 cm³/mol. The molecule has 1 heterocycles. The number of rotatable bonds is 8. The Labute approximate surface area is 182 Å². The van der Waals surface area contributed by atoms with Crippen molar-refractivity contribution < 1.29 is 9.53 Å². The summed E-state index contributed by atoms with van der Waals surface area (Å²) >= 11 is 0. The molecule has 0 aliphatic carbocycles. The van der Waals surface area contributed by atoms with Crippen LogP contribution in [0, 0.1) is 0 Å². The highest BCUT2D eigenvalue weighted by molar-refractivity contribution is 5.77. The first-order chi connectivity index (χ1) is 15.2. The first-order valence-electron chi connectivity index (χ1n) is 10.3. The quantitative estimate of drug-likeness (QED) is 0.456. The lowest BCUT2D eigenvalue weighted by atomic mass is 9.88. The molecule has 4 aromatic rings. The monoisotopic (exact) mass is 411 g/mol. The third-order valence-corrected chi connectivity index (χ3v) is 5.24. The van der Waals surface area contributed by atoms with E-state index in [9.17, 15) is 4.79 Å². The fraction of sp³-hybridized carbons (Fsp3) is 0.154. The van der Waals surface area contributed by atoms with Gasteiger partial charge in [-0.3, -0.25) is 4.79 Å². The van der Waals surface area contributed by atoms with Gasteiger partial charge in [0.1, 0.15) is 5.75 Å². The van der Waals surface area contributed by atoms with E-state index in [1.54, 1.807) is 11.8 Å². The number of carbonyl (C=O) groups excluding carboxylic acids is 1. The molecule has 0 radical (unpaired) electrons. The lowest BCUT2D eigenvalue weighted by Crippen LogP contribution is -2.25. The first-order valence-corrected chi connectivity index (χ1v) is 10.3. The van der Waals surface area contributed by atoms with Gasteiger partial charge in [-0.05, 0) is 41.5 Å². The second kappa shape index (κ2) is 9.76. The van der Waals surface area contributed by atoms with Crippen molar-refractivity contribution in [2.45, 2.75) is 18.9 Å². The van der Waals surface area contributed by atoms with Crippen molar-refractivity contribution in [1.29, 1.82) is 0 Å². The summed E-state index contributed by atoms with van der Waals surface area (Å²) in [7, 11) is 1.64. The minimum absolute atomic E-state index is 0.00305. The summed E-state index contributed by atoms with van der Waals surface area (Å²) in [6.45, 7) is 0.387. The average Bonchev–Trinajstić information content (AvgIpc) is 3.31. The smallest absolute Gasteiger partial charge is 0.221 e. The Hall–Kier alpha value is -3.86. The van der Waals surface area contributed by atoms with Crippen molar-refractivity contribution in [3.63, 3.8) is 0 Å². The molecule has 156 valence electrons. The molecule has 4 rings (SSSR count). The Morgan fingerprint density at radius 3 is 2.10 bits per heavy atom. The second-order valence-electron chi connectivity index (χ2n) is 7.30. The Kier molecular flexibility index (Phi) is 6.43. The SMILES string of the molecule is COc1ccc(-n2ccc(CNC(=O)CC(c3ccccc3)c3ccccc3)n2)cc1. The van der Waals surface area contributed by atoms with Gasteiger partial charge in [-0.25, -0.2) is 4.68 Å². The van der Waals surface area contributed by atoms with Gasteiger partial charge in [0, 0.05) is 18.5 Å². The van der Waals surface area contributed by atoms with Gasteiger partial charge in [0.25, 0.3) is 0 Å². The number of methoxy groups -OCH3 is 1. The summed E-state index contributed by atoms with van der Waals surface area (Å²) in [5.74, 6) is 0.811. The summed E-state index contributed by atoms with van der Waals surface area (Å²) in [5, 5.41) is 7.58. The van der Waals surface area contributed by atoms with E-state index in [0.29, 0.717) is 13.0 Å². The minimum Gasteiger partial charge on any atom is -0.497 e. The number of carbonyl (C=O) groups is 1. The van der Waals surface area contributed by atoms with Crippen LogP contribution in [0.5, 0.6) is 5.75 Å². The first kappa shape index (κ1) is 20.4. The average molecular weight is 412 g/mol. The van der Waals surface area contributed by atoms with Crippen LogP contribution in [0.1, 0.15) is 29.2 Å². The highest BCUT2D eigenvalue weighted by Gasteiger charge is 2.18. The normalized spacial score (nSPS) is 10.8. The van der Waals surface area contributed by atoms with Gasteiger partial charge in [0.2, 0.25) is 5.91 Å². The Morgan fingerprint density at radius 1 is 0.903 bits per heavy atom. The van der Waals surface area contributed by atoms with Crippen LogP contribution < -0.4 is 10.1 Å². The van der Waals surface area contributed by atoms with Crippen molar-refractivity contribution in [2.24, 2.45) is 0 Å². The van der Waals surface area contributed by atoms with Crippen molar-refractivity contribution in [1.82, 2.24) is 15.1 Å². The molecule has 0 aliphatic rings. The largest absolute Gasteiger partial charge is 0.497 e. The molecule has 5 heteroatoms. The molecule has 0 atom stereocenters. The number of hydrogen-bond donors (Lipinski definition) is 1. The molecule has 0 bridgehead atoms. The second-order valence-corrected chi connectivity index (χ2v) is 7.30. The zero-order chi connectivity index (χ0) is 21.5. The maximum absolute atomic E-state index is 12.8. The maximum atomic E-state index is 12.8. The lowest BCUT2D eigenvalue weighted by molar-refractivity contribution is -0.121. The molecule has 0 unspecified atom stereocenters. The van der Waals surface area contributed by atoms with Crippen LogP contribution in [0.2, 0.25) is 0 Å². The predicted octanol–water partition coefficient (Wildman–Crippen LogP) is 4.72. The lowest BCUT2D eigenvalue weighted by Gasteiger charge is -2.17. The molecule has 3 aromatic carbocycles. The zero-order valence-electron chi connectivity index (χ0n) is 17.4. The van der Waals surface area contributed by atoms with Crippen molar-refractivity contribution >= 4 is 5.91 Å². The van der Waals surface area contributed by atoms with Crippen LogP contribution in [-0.4, -0.2) is 22.8 Å². The van der Waals surface area contributed by atoms with E-state index in [1.807, 2.05) is 72.9 Å². The van der Waals surface area contributed by atoms with E-state index in [4.69, 9.17) is 4.74 Å². The molecule has 1 N–H and O–H groups in total. The fourth-order valence-electron chi connectivity index (χ4n) is 3.58.